The molecule has 0 saturated heterocycles. The van der Waals surface area contributed by atoms with Gasteiger partial charge < -0.3 is 30.2 Å². The van der Waals surface area contributed by atoms with Crippen molar-refractivity contribution in [3.63, 3.8) is 0 Å². The zero-order chi connectivity index (χ0) is 86.6. The number of ether oxygens (including phenoxy) is 3. The summed E-state index contributed by atoms with van der Waals surface area (Å²) in [4.78, 5) is 135. The lowest BCUT2D eigenvalue weighted by Crippen LogP contribution is -2.44. The van der Waals surface area contributed by atoms with Gasteiger partial charge in [0.15, 0.2) is 88.9 Å². The standard InChI is InChI=1S/C32H32N8O3.C32H36N8O3.C29H30N8O3/c1-37-15-8-20-4-5-21(16-23(20)32(37)12-13-32)34-30-33-17-22-27(36-30)40-25-7-6-24-28(35-25)38(26(41)18-43-24)19-31(10-11-31)9-2-3-14-39(40)29(22)42;1-31(2)13-6-7-14-39-29(42)22-17-33-30(34-21-9-8-20-12-15-37(5)32(3,4)23(20)16-21)36-27(22)40(39)25-11-10-24-28(35-25)38(19-31)26(41)18-43-24;1-29(2)10-4-5-11-36-27(39)21-13-30-28(31-20-7-6-18-14-34(3)15-19(18)12-20)33-25(21)37(36)23-9-8-22-26(32-23)35(17-29)24(38)16-40-22/h2-7,16-17H,8-15,18-19H2,1H3,(H,33,34,36);6-11,16-17H,12-15,18-19H2,1-5H3,(H,33,34,36);4-9,12-13H,10-11,14-17H2,1-3H3,(H,30,31,33). The Hall–Kier alpha value is -13.5. The van der Waals surface area contributed by atoms with Gasteiger partial charge in [0.05, 0.1) is 19.6 Å². The first-order valence-electron chi connectivity index (χ1n) is 43.3. The summed E-state index contributed by atoms with van der Waals surface area (Å²) in [5.41, 5.74) is 11.0. The molecule has 33 heteroatoms. The molecule has 11 aliphatic rings. The monoisotopic (exact) mass is 1690 g/mol. The van der Waals surface area contributed by atoms with Crippen LogP contribution in [0.4, 0.5) is 52.4 Å². The van der Waals surface area contributed by atoms with Crippen LogP contribution in [0.2, 0.25) is 0 Å². The topological polar surface area (TPSA) is 331 Å². The predicted molar refractivity (Wildman–Crippen MR) is 478 cm³/mol. The van der Waals surface area contributed by atoms with E-state index >= 15 is 0 Å². The highest BCUT2D eigenvalue weighted by Crippen LogP contribution is 2.55. The van der Waals surface area contributed by atoms with Gasteiger partial charge in [-0.2, -0.15) is 15.0 Å². The maximum absolute atomic E-state index is 13.7. The maximum atomic E-state index is 13.7. The minimum absolute atomic E-state index is 0.000536. The van der Waals surface area contributed by atoms with E-state index in [1.807, 2.05) is 42.5 Å². The molecule has 0 radical (unpaired) electrons. The first-order valence-corrected chi connectivity index (χ1v) is 43.3. The first kappa shape index (κ1) is 79.6. The number of nitrogens with zero attached hydrogens (tertiary/aromatic N) is 21. The first-order chi connectivity index (χ1) is 60.7. The van der Waals surface area contributed by atoms with Gasteiger partial charge in [0, 0.05) is 92.5 Å². The molecule has 6 bridgehead atoms. The van der Waals surface area contributed by atoms with E-state index < -0.39 is 0 Å². The zero-order valence-electron chi connectivity index (χ0n) is 72.0. The van der Waals surface area contributed by atoms with E-state index in [0.29, 0.717) is 142 Å². The van der Waals surface area contributed by atoms with E-state index in [1.54, 1.807) is 85.6 Å². The highest BCUT2D eigenvalue weighted by atomic mass is 16.5. The van der Waals surface area contributed by atoms with Gasteiger partial charge in [-0.15, -0.1) is 0 Å². The number of nitrogens with one attached hydrogen (secondary N) is 3. The average Bonchev–Trinajstić information content (AvgIpc) is 1.55. The van der Waals surface area contributed by atoms with Crippen LogP contribution in [0.1, 0.15) is 120 Å². The Balaban J connectivity index is 0.000000115. The van der Waals surface area contributed by atoms with Crippen LogP contribution in [0.15, 0.2) is 160 Å². The largest absolute Gasteiger partial charge is 0.480 e. The number of rotatable bonds is 6. The fourth-order valence-corrected chi connectivity index (χ4v) is 19.1. The van der Waals surface area contributed by atoms with Crippen LogP contribution in [-0.2, 0) is 71.0 Å². The fraction of sp³-hybridized carbons (Fsp3) is 0.387. The van der Waals surface area contributed by atoms with Crippen LogP contribution in [0, 0.1) is 16.2 Å². The Morgan fingerprint density at radius 2 is 0.778 bits per heavy atom. The van der Waals surface area contributed by atoms with Crippen LogP contribution in [0.3, 0.4) is 0 Å². The Labute approximate surface area is 724 Å². The lowest BCUT2D eigenvalue weighted by molar-refractivity contribution is -0.122. The molecule has 33 nitrogen and oxygen atoms in total. The highest BCUT2D eigenvalue weighted by Gasteiger charge is 2.51. The van der Waals surface area contributed by atoms with E-state index in [0.717, 1.165) is 88.2 Å². The molecule has 2 aliphatic carbocycles. The van der Waals surface area contributed by atoms with Crippen LogP contribution < -0.4 is 61.5 Å². The third-order valence-corrected chi connectivity index (χ3v) is 26.8. The molecule has 18 heterocycles. The summed E-state index contributed by atoms with van der Waals surface area (Å²) < 4.78 is 27.2. The molecule has 3 N–H and O–H groups in total. The number of fused-ring (bicyclic) bond motifs is 19. The SMILES string of the molecule is CN1CCc2ccc(Nc3ncc4c(=O)n5n(c4n3)-c3ccc4c(n3)N(CC(C)(C)CC=CC5)C(=O)CO4)cc2C1(C)C.CN1CCc2ccc(Nc3ncc4c(=O)n5n(c4n3)-c3ccc4c(n3)N(CC3(CC=CC5)CC3)C(=O)CO4)cc2C12CC2.CN1Cc2ccc(Nc3ncc4c(=O)n5n(c4n3)-c3ccc4c(n3)N(CC(C)(C)CC=CC5)C(=O)CO4)cc2C1. The number of carbonyl (C=O) groups excluding carboxylic acids is 3. The number of anilines is 9. The number of pyridine rings is 3. The second-order valence-electron chi connectivity index (χ2n) is 37.2. The number of hydrogen-bond acceptors (Lipinski definition) is 24. The quantitative estimate of drug-likeness (QED) is 0.130. The normalized spacial score (nSPS) is 19.5. The van der Waals surface area contributed by atoms with Gasteiger partial charge in [-0.1, -0.05) is 82.4 Å². The molecule has 9 aromatic heterocycles. The van der Waals surface area contributed by atoms with Crippen molar-refractivity contribution in [3.8, 4) is 34.7 Å². The van der Waals surface area contributed by atoms with Gasteiger partial charge in [-0.05, 0) is 215 Å². The van der Waals surface area contributed by atoms with Crippen LogP contribution >= 0.6 is 0 Å². The lowest BCUT2D eigenvalue weighted by atomic mass is 9.83. The Bertz CT molecular complexity index is 6600. The number of allylic oxidation sites excluding steroid dienone is 6. The number of likely N-dealkylation sites (N-methyl/N-ethyl adjacent to an activating group) is 2. The van der Waals surface area contributed by atoms with E-state index in [2.05, 4.69) is 169 Å². The molecule has 2 saturated carbocycles. The molecule has 0 atom stereocenters. The van der Waals surface area contributed by atoms with E-state index in [1.165, 1.54) is 46.2 Å². The van der Waals surface area contributed by atoms with Crippen LogP contribution in [0.25, 0.3) is 50.6 Å². The van der Waals surface area contributed by atoms with Crippen molar-refractivity contribution < 1.29 is 28.6 Å². The maximum Gasteiger partial charge on any atom is 0.278 e. The van der Waals surface area contributed by atoms with Crippen molar-refractivity contribution in [2.45, 2.75) is 143 Å². The Morgan fingerprint density at radius 3 is 1.21 bits per heavy atom. The molecular formula is C93H98N24O9. The van der Waals surface area contributed by atoms with Gasteiger partial charge in [0.2, 0.25) is 17.8 Å². The smallest absolute Gasteiger partial charge is 0.278 e. The van der Waals surface area contributed by atoms with Gasteiger partial charge >= 0.3 is 0 Å². The number of hydrogen-bond donors (Lipinski definition) is 3. The predicted octanol–water partition coefficient (Wildman–Crippen LogP) is 11.2. The summed E-state index contributed by atoms with van der Waals surface area (Å²) in [6, 6.07) is 30.0. The third-order valence-electron chi connectivity index (χ3n) is 26.8. The Kier molecular flexibility index (Phi) is 19.0. The van der Waals surface area contributed by atoms with Crippen molar-refractivity contribution in [3.05, 3.63) is 210 Å². The van der Waals surface area contributed by atoms with Gasteiger partial charge in [-0.3, -0.25) is 58.2 Å². The molecular weight excluding hydrogens is 1600 g/mol. The number of amides is 3. The Morgan fingerprint density at radius 1 is 0.389 bits per heavy atom. The second-order valence-corrected chi connectivity index (χ2v) is 37.2. The molecule has 12 aromatic rings. The number of benzene rings is 3. The van der Waals surface area contributed by atoms with Crippen molar-refractivity contribution in [1.29, 1.82) is 0 Å². The minimum atomic E-state index is -0.218. The van der Waals surface area contributed by atoms with Gasteiger partial charge in [0.25, 0.3) is 34.4 Å². The van der Waals surface area contributed by atoms with E-state index in [9.17, 15) is 28.8 Å². The van der Waals surface area contributed by atoms with E-state index in [4.69, 9.17) is 44.1 Å². The summed E-state index contributed by atoms with van der Waals surface area (Å²) >= 11 is 0. The summed E-state index contributed by atoms with van der Waals surface area (Å²) in [6.45, 7) is 19.4. The molecule has 126 heavy (non-hydrogen) atoms. The molecule has 3 amide bonds. The second kappa shape index (κ2) is 30.1. The molecule has 644 valence electrons. The zero-order valence-corrected chi connectivity index (χ0v) is 72.0. The van der Waals surface area contributed by atoms with Crippen molar-refractivity contribution in [1.82, 2.24) is 87.6 Å². The summed E-state index contributed by atoms with van der Waals surface area (Å²) in [5, 5.41) is 11.2. The highest BCUT2D eigenvalue weighted by molar-refractivity contribution is 5.99. The van der Waals surface area contributed by atoms with Crippen molar-refractivity contribution in [2.24, 2.45) is 16.2 Å². The molecule has 9 aliphatic heterocycles. The fourth-order valence-electron chi connectivity index (χ4n) is 19.1. The van der Waals surface area contributed by atoms with Gasteiger partial charge in [-0.25, -0.2) is 58.0 Å². The van der Waals surface area contributed by atoms with E-state index in [-0.39, 0.29) is 81.5 Å². The minimum Gasteiger partial charge on any atom is -0.480 e. The van der Waals surface area contributed by atoms with Crippen LogP contribution in [0.5, 0.6) is 17.2 Å². The van der Waals surface area contributed by atoms with Crippen molar-refractivity contribution in [2.75, 3.05) is 104 Å². The molecule has 3 aromatic carbocycles. The summed E-state index contributed by atoms with van der Waals surface area (Å²) in [6.07, 6.45) is 25.8. The molecule has 2 spiro atoms. The summed E-state index contributed by atoms with van der Waals surface area (Å²) in [7, 11) is 6.47. The van der Waals surface area contributed by atoms with Gasteiger partial charge in [0.1, 0.15) is 16.2 Å². The molecule has 23 rings (SSSR count). The average molecular weight is 1700 g/mol. The lowest BCUT2D eigenvalue weighted by Gasteiger charge is -2.41. The molecule has 2 fully saturated rings. The number of aromatic nitrogens is 15. The summed E-state index contributed by atoms with van der Waals surface area (Å²) in [5.74, 6) is 5.21. The third kappa shape index (κ3) is 14.2. The molecule has 0 unspecified atom stereocenters. The van der Waals surface area contributed by atoms with Crippen LogP contribution in [-0.4, -0.2) is 179 Å². The van der Waals surface area contributed by atoms with Crippen molar-refractivity contribution >= 4 is 103 Å². The number of carbonyl (C=O) groups is 3.